The topological polar surface area (TPSA) is 99.2 Å². The van der Waals surface area contributed by atoms with Crippen LogP contribution in [0.5, 0.6) is 5.75 Å². The number of hydrogen-bond donors (Lipinski definition) is 2. The van der Waals surface area contributed by atoms with E-state index in [4.69, 9.17) is 4.74 Å². The summed E-state index contributed by atoms with van der Waals surface area (Å²) >= 11 is 0. The van der Waals surface area contributed by atoms with E-state index in [0.29, 0.717) is 30.2 Å². The number of para-hydroxylation sites is 1. The summed E-state index contributed by atoms with van der Waals surface area (Å²) in [5, 5.41) is 11.1. The molecule has 8 nitrogen and oxygen atoms in total. The van der Waals surface area contributed by atoms with Crippen LogP contribution in [0.4, 0.5) is 4.79 Å². The van der Waals surface area contributed by atoms with Crippen LogP contribution in [0.1, 0.15) is 52.4 Å². The minimum Gasteiger partial charge on any atom is -0.409 e. The molecule has 1 aromatic carbocycles. The molecule has 0 aliphatic carbocycles. The Morgan fingerprint density at radius 3 is 2.43 bits per heavy atom. The second-order valence-corrected chi connectivity index (χ2v) is 6.58. The SMILES string of the molecule is CCCCC[C@@H](CN(O)C=O)C(=O)NN(CCCC)C(=O)Oc1ccccc1. The zero-order valence-electron chi connectivity index (χ0n) is 16.7. The molecule has 0 radical (unpaired) electrons. The van der Waals surface area contributed by atoms with E-state index in [9.17, 15) is 19.6 Å². The lowest BCUT2D eigenvalue weighted by Gasteiger charge is -2.26. The summed E-state index contributed by atoms with van der Waals surface area (Å²) in [6, 6.07) is 8.60. The van der Waals surface area contributed by atoms with Crippen LogP contribution in [0.3, 0.4) is 0 Å². The first-order chi connectivity index (χ1) is 13.5. The molecule has 0 heterocycles. The summed E-state index contributed by atoms with van der Waals surface area (Å²) in [5.74, 6) is -0.682. The summed E-state index contributed by atoms with van der Waals surface area (Å²) in [7, 11) is 0. The predicted octanol–water partition coefficient (Wildman–Crippen LogP) is 3.36. The van der Waals surface area contributed by atoms with Crippen LogP contribution < -0.4 is 10.2 Å². The van der Waals surface area contributed by atoms with Gasteiger partial charge in [0, 0.05) is 6.54 Å². The lowest BCUT2D eigenvalue weighted by atomic mass is 10.0. The van der Waals surface area contributed by atoms with E-state index in [1.165, 1.54) is 0 Å². The maximum absolute atomic E-state index is 12.7. The third kappa shape index (κ3) is 8.85. The highest BCUT2D eigenvalue weighted by atomic mass is 16.6. The van der Waals surface area contributed by atoms with E-state index in [1.54, 1.807) is 24.3 Å². The van der Waals surface area contributed by atoms with Crippen molar-refractivity contribution in [1.82, 2.24) is 15.5 Å². The van der Waals surface area contributed by atoms with Crippen molar-refractivity contribution < 1.29 is 24.3 Å². The molecule has 1 atom stereocenters. The zero-order valence-corrected chi connectivity index (χ0v) is 16.7. The van der Waals surface area contributed by atoms with Crippen LogP contribution in [-0.2, 0) is 9.59 Å². The van der Waals surface area contributed by atoms with E-state index in [0.717, 1.165) is 30.7 Å². The number of ether oxygens (including phenoxy) is 1. The number of hydroxylamine groups is 2. The molecule has 28 heavy (non-hydrogen) atoms. The molecule has 1 rings (SSSR count). The first-order valence-corrected chi connectivity index (χ1v) is 9.77. The second-order valence-electron chi connectivity index (χ2n) is 6.58. The van der Waals surface area contributed by atoms with Gasteiger partial charge in [-0.05, 0) is 25.0 Å². The van der Waals surface area contributed by atoms with Crippen LogP contribution >= 0.6 is 0 Å². The number of hydrogen-bond acceptors (Lipinski definition) is 5. The summed E-state index contributed by atoms with van der Waals surface area (Å²) in [4.78, 5) is 35.9. The van der Waals surface area contributed by atoms with Gasteiger partial charge in [0.25, 0.3) is 0 Å². The van der Waals surface area contributed by atoms with Crippen molar-refractivity contribution in [1.29, 1.82) is 0 Å². The Kier molecular flexibility index (Phi) is 11.3. The molecule has 0 bridgehead atoms. The van der Waals surface area contributed by atoms with Crippen LogP contribution in [0.15, 0.2) is 30.3 Å². The molecule has 2 N–H and O–H groups in total. The molecule has 8 heteroatoms. The Bertz CT molecular complexity index is 597. The molecule has 0 aliphatic heterocycles. The average molecular weight is 393 g/mol. The van der Waals surface area contributed by atoms with Crippen molar-refractivity contribution in [3.63, 3.8) is 0 Å². The van der Waals surface area contributed by atoms with Crippen molar-refractivity contribution in [3.05, 3.63) is 30.3 Å². The molecular weight excluding hydrogens is 362 g/mol. The van der Waals surface area contributed by atoms with E-state index in [2.05, 4.69) is 5.43 Å². The van der Waals surface area contributed by atoms with Crippen molar-refractivity contribution in [2.75, 3.05) is 13.1 Å². The second kappa shape index (κ2) is 13.5. The van der Waals surface area contributed by atoms with Crippen LogP contribution in [0.2, 0.25) is 0 Å². The van der Waals surface area contributed by atoms with Gasteiger partial charge in [-0.1, -0.05) is 57.7 Å². The number of amides is 3. The summed E-state index contributed by atoms with van der Waals surface area (Å²) < 4.78 is 5.31. The lowest BCUT2D eigenvalue weighted by molar-refractivity contribution is -0.155. The van der Waals surface area contributed by atoms with E-state index >= 15 is 0 Å². The molecule has 156 valence electrons. The summed E-state index contributed by atoms with van der Waals surface area (Å²) in [6.07, 6.45) is 4.30. The maximum Gasteiger partial charge on any atom is 0.434 e. The van der Waals surface area contributed by atoms with Crippen LogP contribution in [-0.4, -0.2) is 46.8 Å². The van der Waals surface area contributed by atoms with E-state index < -0.39 is 17.9 Å². The Balaban J connectivity index is 2.79. The minimum absolute atomic E-state index is 0.131. The van der Waals surface area contributed by atoms with Crippen molar-refractivity contribution in [2.24, 2.45) is 5.92 Å². The van der Waals surface area contributed by atoms with Gasteiger partial charge in [0.2, 0.25) is 12.3 Å². The predicted molar refractivity (Wildman–Crippen MR) is 104 cm³/mol. The fourth-order valence-electron chi connectivity index (χ4n) is 2.59. The Labute approximate surface area is 166 Å². The largest absolute Gasteiger partial charge is 0.434 e. The highest BCUT2D eigenvalue weighted by Gasteiger charge is 2.25. The number of unbranched alkanes of at least 4 members (excludes halogenated alkanes) is 3. The van der Waals surface area contributed by atoms with Crippen LogP contribution in [0.25, 0.3) is 0 Å². The minimum atomic E-state index is -0.684. The van der Waals surface area contributed by atoms with Gasteiger partial charge in [0.05, 0.1) is 12.5 Å². The van der Waals surface area contributed by atoms with Gasteiger partial charge in [-0.25, -0.2) is 14.9 Å². The van der Waals surface area contributed by atoms with E-state index in [1.807, 2.05) is 19.9 Å². The standard InChI is InChI=1S/C20H31N3O5/c1-3-5-8-11-17(15-22(27)16-24)19(25)21-23(14-6-4-2)20(26)28-18-12-9-7-10-13-18/h7,9-10,12-13,16-17,27H,3-6,8,11,14-15H2,1-2H3,(H,21,25)/t17-/m0/s1. The van der Waals surface area contributed by atoms with Crippen LogP contribution in [0, 0.1) is 5.92 Å². The summed E-state index contributed by atoms with van der Waals surface area (Å²) in [5.41, 5.74) is 2.59. The van der Waals surface area contributed by atoms with Gasteiger partial charge in [-0.2, -0.15) is 0 Å². The fraction of sp³-hybridized carbons (Fsp3) is 0.550. The van der Waals surface area contributed by atoms with Gasteiger partial charge in [0.1, 0.15) is 5.75 Å². The highest BCUT2D eigenvalue weighted by Crippen LogP contribution is 2.13. The first kappa shape index (κ1) is 23.4. The maximum atomic E-state index is 12.7. The fourth-order valence-corrected chi connectivity index (χ4v) is 2.59. The molecule has 0 saturated carbocycles. The molecule has 0 saturated heterocycles. The lowest BCUT2D eigenvalue weighted by Crippen LogP contribution is -2.51. The number of rotatable bonds is 12. The normalized spacial score (nSPS) is 11.4. The van der Waals surface area contributed by atoms with E-state index in [-0.39, 0.29) is 13.0 Å². The first-order valence-electron chi connectivity index (χ1n) is 9.77. The smallest absolute Gasteiger partial charge is 0.409 e. The Morgan fingerprint density at radius 2 is 1.82 bits per heavy atom. The molecule has 0 aromatic heterocycles. The number of benzene rings is 1. The molecule has 0 fully saturated rings. The number of hydrazine groups is 1. The quantitative estimate of drug-likeness (QED) is 0.245. The van der Waals surface area contributed by atoms with Gasteiger partial charge in [-0.3, -0.25) is 20.2 Å². The molecule has 0 spiro atoms. The zero-order chi connectivity index (χ0) is 20.8. The summed E-state index contributed by atoms with van der Waals surface area (Å²) in [6.45, 7) is 4.19. The number of carbonyl (C=O) groups is 3. The third-order valence-electron chi connectivity index (χ3n) is 4.21. The third-order valence-corrected chi connectivity index (χ3v) is 4.21. The number of carbonyl (C=O) groups excluding carboxylic acids is 3. The van der Waals surface area contributed by atoms with Gasteiger partial charge < -0.3 is 4.74 Å². The van der Waals surface area contributed by atoms with Crippen molar-refractivity contribution in [3.8, 4) is 5.75 Å². The molecular formula is C20H31N3O5. The number of nitrogens with one attached hydrogen (secondary N) is 1. The molecule has 0 aliphatic rings. The van der Waals surface area contributed by atoms with Gasteiger partial charge in [0.15, 0.2) is 0 Å². The Hall–Kier alpha value is -2.61. The Morgan fingerprint density at radius 1 is 1.14 bits per heavy atom. The van der Waals surface area contributed by atoms with Crippen molar-refractivity contribution in [2.45, 2.75) is 52.4 Å². The van der Waals surface area contributed by atoms with Crippen molar-refractivity contribution >= 4 is 18.4 Å². The highest BCUT2D eigenvalue weighted by molar-refractivity contribution is 5.82. The van der Waals surface area contributed by atoms with Gasteiger partial charge >= 0.3 is 6.09 Å². The monoisotopic (exact) mass is 393 g/mol. The van der Waals surface area contributed by atoms with Gasteiger partial charge in [-0.15, -0.1) is 0 Å². The molecule has 3 amide bonds. The molecule has 1 aromatic rings. The molecule has 0 unspecified atom stereocenters. The number of nitrogens with zero attached hydrogens (tertiary/aromatic N) is 2. The average Bonchev–Trinajstić information content (AvgIpc) is 2.70.